The van der Waals surface area contributed by atoms with Crippen molar-refractivity contribution < 1.29 is 43.8 Å². The number of nitrogens with two attached hydrogens (primary N) is 1. The fourth-order valence-corrected chi connectivity index (χ4v) is 6.14. The maximum Gasteiger partial charge on any atom is 0.326 e. The number of likely N-dealkylation sites (tertiary alicyclic amines) is 1. The number of nitrogens with one attached hydrogen (secondary N) is 5. The molecule has 10 unspecified atom stereocenters. The monoisotopic (exact) mass is 759 g/mol. The number of carboxylic acids is 1. The molecule has 0 radical (unpaired) electrons. The molecule has 16 heteroatoms. The summed E-state index contributed by atoms with van der Waals surface area (Å²) in [5, 5.41) is 33.6. The molecule has 0 bridgehead atoms. The maximum atomic E-state index is 14.1. The van der Waals surface area contributed by atoms with Crippen LogP contribution < -0.4 is 32.3 Å². The number of hydrogen-bond acceptors (Lipinski definition) is 9. The number of carbonyl (C=O) groups excluding carboxylic acids is 6. The van der Waals surface area contributed by atoms with Crippen molar-refractivity contribution in [3.05, 3.63) is 35.9 Å². The van der Waals surface area contributed by atoms with Crippen LogP contribution in [0.1, 0.15) is 86.6 Å². The number of aliphatic hydroxyl groups is 1. The van der Waals surface area contributed by atoms with E-state index < -0.39 is 102 Å². The number of amides is 6. The second kappa shape index (κ2) is 21.4. The van der Waals surface area contributed by atoms with Crippen LogP contribution in [0.25, 0.3) is 0 Å². The van der Waals surface area contributed by atoms with E-state index in [-0.39, 0.29) is 25.3 Å². The van der Waals surface area contributed by atoms with E-state index in [0.29, 0.717) is 24.8 Å². The Morgan fingerprint density at radius 3 is 1.76 bits per heavy atom. The zero-order chi connectivity index (χ0) is 40.9. The molecule has 0 spiro atoms. The van der Waals surface area contributed by atoms with E-state index in [1.54, 1.807) is 58.0 Å². The highest BCUT2D eigenvalue weighted by Gasteiger charge is 2.42. The Bertz CT molecular complexity index is 1460. The van der Waals surface area contributed by atoms with Crippen LogP contribution in [-0.2, 0) is 40.0 Å². The lowest BCUT2D eigenvalue weighted by atomic mass is 9.95. The van der Waals surface area contributed by atoms with E-state index in [0.717, 1.165) is 0 Å². The van der Waals surface area contributed by atoms with Gasteiger partial charge >= 0.3 is 5.97 Å². The molecule has 9 N–H and O–H groups in total. The lowest BCUT2D eigenvalue weighted by Crippen LogP contribution is -2.63. The third-order valence-corrected chi connectivity index (χ3v) is 10.0. The van der Waals surface area contributed by atoms with Crippen molar-refractivity contribution in [1.82, 2.24) is 31.5 Å². The number of hydrogen-bond donors (Lipinski definition) is 8. The Balaban J connectivity index is 2.25. The number of benzene rings is 1. The SMILES string of the molecule is CCC(C)C(NC(=O)C(C)N)C(=O)NC(C(=O)NC(C(=O)NC(C(=O)N1CCCC1C(=O)NC(Cc1ccccc1)C(=O)O)C(C)CC)C(C)O)C(C)C. The molecule has 302 valence electrons. The Kier molecular flexibility index (Phi) is 18.0. The molecule has 1 heterocycles. The fraction of sp³-hybridized carbons (Fsp3) is 0.658. The van der Waals surface area contributed by atoms with E-state index in [1.807, 2.05) is 13.8 Å². The topological polar surface area (TPSA) is 249 Å². The van der Waals surface area contributed by atoms with Gasteiger partial charge in [0.1, 0.15) is 36.3 Å². The molecule has 1 aromatic rings. The van der Waals surface area contributed by atoms with Crippen molar-refractivity contribution in [3.63, 3.8) is 0 Å². The Morgan fingerprint density at radius 2 is 1.24 bits per heavy atom. The summed E-state index contributed by atoms with van der Waals surface area (Å²) < 4.78 is 0. The highest BCUT2D eigenvalue weighted by molar-refractivity contribution is 5.97. The predicted molar refractivity (Wildman–Crippen MR) is 201 cm³/mol. The van der Waals surface area contributed by atoms with Crippen LogP contribution in [0.2, 0.25) is 0 Å². The largest absolute Gasteiger partial charge is 0.480 e. The second-order valence-electron chi connectivity index (χ2n) is 14.8. The highest BCUT2D eigenvalue weighted by atomic mass is 16.4. The van der Waals surface area contributed by atoms with Gasteiger partial charge in [-0.3, -0.25) is 28.8 Å². The lowest BCUT2D eigenvalue weighted by molar-refractivity contribution is -0.145. The summed E-state index contributed by atoms with van der Waals surface area (Å²) in [6.07, 6.45) is 0.372. The van der Waals surface area contributed by atoms with Crippen molar-refractivity contribution in [2.45, 2.75) is 136 Å². The van der Waals surface area contributed by atoms with E-state index >= 15 is 0 Å². The number of carboxylic acid groups (broad SMARTS) is 1. The molecule has 1 fully saturated rings. The fourth-order valence-electron chi connectivity index (χ4n) is 6.14. The Hall–Kier alpha value is -4.57. The quantitative estimate of drug-likeness (QED) is 0.0898. The Morgan fingerprint density at radius 1 is 0.741 bits per heavy atom. The minimum Gasteiger partial charge on any atom is -0.480 e. The van der Waals surface area contributed by atoms with Crippen molar-refractivity contribution in [2.75, 3.05) is 6.54 Å². The number of aliphatic carboxylic acids is 1. The third-order valence-electron chi connectivity index (χ3n) is 10.0. The van der Waals surface area contributed by atoms with Gasteiger partial charge in [0, 0.05) is 13.0 Å². The minimum atomic E-state index is -1.54. The summed E-state index contributed by atoms with van der Waals surface area (Å²) in [6.45, 7) is 13.5. The molecule has 0 aliphatic carbocycles. The average Bonchev–Trinajstić information content (AvgIpc) is 3.63. The van der Waals surface area contributed by atoms with Crippen molar-refractivity contribution >= 4 is 41.4 Å². The van der Waals surface area contributed by atoms with Gasteiger partial charge in [-0.25, -0.2) is 4.79 Å². The molecule has 10 atom stereocenters. The van der Waals surface area contributed by atoms with Gasteiger partial charge in [-0.1, -0.05) is 84.7 Å². The molecule has 6 amide bonds. The first-order chi connectivity index (χ1) is 25.3. The first-order valence-corrected chi connectivity index (χ1v) is 18.9. The molecule has 54 heavy (non-hydrogen) atoms. The highest BCUT2D eigenvalue weighted by Crippen LogP contribution is 2.22. The van der Waals surface area contributed by atoms with Gasteiger partial charge in [0.2, 0.25) is 35.4 Å². The van der Waals surface area contributed by atoms with Gasteiger partial charge in [-0.2, -0.15) is 0 Å². The molecule has 16 nitrogen and oxygen atoms in total. The van der Waals surface area contributed by atoms with Crippen LogP contribution in [0.15, 0.2) is 30.3 Å². The van der Waals surface area contributed by atoms with Gasteiger partial charge in [0.05, 0.1) is 12.1 Å². The normalized spacial score (nSPS) is 19.2. The standard InChI is InChI=1S/C38H61N7O9/c1-9-21(5)29(42-32(47)23(7)39)35(50)41-28(20(3)4)34(49)44-31(24(8)46)36(51)43-30(22(6)10-2)37(52)45-18-14-17-27(45)33(48)40-26(38(53)54)19-25-15-12-11-13-16-25/h11-13,15-16,20-24,26-31,46H,9-10,14,17-19,39H2,1-8H3,(H,40,48)(H,41,50)(H,42,47)(H,43,51)(H,44,49)(H,53,54). The summed E-state index contributed by atoms with van der Waals surface area (Å²) >= 11 is 0. The molecule has 0 aromatic heterocycles. The average molecular weight is 760 g/mol. The smallest absolute Gasteiger partial charge is 0.326 e. The van der Waals surface area contributed by atoms with Gasteiger partial charge in [-0.15, -0.1) is 0 Å². The van der Waals surface area contributed by atoms with Crippen LogP contribution >= 0.6 is 0 Å². The minimum absolute atomic E-state index is 0.0461. The zero-order valence-corrected chi connectivity index (χ0v) is 32.8. The second-order valence-corrected chi connectivity index (χ2v) is 14.8. The predicted octanol–water partition coefficient (Wildman–Crippen LogP) is 0.205. The summed E-state index contributed by atoms with van der Waals surface area (Å²) in [5.41, 5.74) is 6.41. The van der Waals surface area contributed by atoms with E-state index in [1.165, 1.54) is 18.7 Å². The maximum absolute atomic E-state index is 14.1. The summed E-state index contributed by atoms with van der Waals surface area (Å²) in [5.74, 6) is -6.40. The molecular weight excluding hydrogens is 698 g/mol. The van der Waals surface area contributed by atoms with Crippen LogP contribution in [0.5, 0.6) is 0 Å². The number of nitrogens with zero attached hydrogens (tertiary/aromatic N) is 1. The summed E-state index contributed by atoms with van der Waals surface area (Å²) in [7, 11) is 0. The van der Waals surface area contributed by atoms with Crippen molar-refractivity contribution in [2.24, 2.45) is 23.5 Å². The molecule has 2 rings (SSSR count). The third kappa shape index (κ3) is 12.8. The van der Waals surface area contributed by atoms with Gasteiger partial charge in [0.15, 0.2) is 0 Å². The molecule has 1 aliphatic heterocycles. The van der Waals surface area contributed by atoms with Crippen molar-refractivity contribution in [3.8, 4) is 0 Å². The number of carbonyl (C=O) groups is 7. The molecular formula is C38H61N7O9. The number of rotatable bonds is 20. The van der Waals surface area contributed by atoms with E-state index in [9.17, 15) is 43.8 Å². The lowest BCUT2D eigenvalue weighted by Gasteiger charge is -2.33. The van der Waals surface area contributed by atoms with Crippen LogP contribution in [0, 0.1) is 17.8 Å². The first-order valence-electron chi connectivity index (χ1n) is 18.9. The molecule has 1 saturated heterocycles. The Labute approximate surface area is 318 Å². The molecule has 1 aromatic carbocycles. The molecule has 1 aliphatic rings. The van der Waals surface area contributed by atoms with Crippen LogP contribution in [-0.4, -0.2) is 111 Å². The van der Waals surface area contributed by atoms with Crippen molar-refractivity contribution in [1.29, 1.82) is 0 Å². The summed E-state index contributed by atoms with van der Waals surface area (Å²) in [4.78, 5) is 94.1. The van der Waals surface area contributed by atoms with E-state index in [4.69, 9.17) is 5.73 Å². The first kappa shape index (κ1) is 45.6. The van der Waals surface area contributed by atoms with Gasteiger partial charge < -0.3 is 47.4 Å². The summed E-state index contributed by atoms with van der Waals surface area (Å²) in [6, 6.07) is 0.915. The van der Waals surface area contributed by atoms with Crippen LogP contribution in [0.3, 0.4) is 0 Å². The van der Waals surface area contributed by atoms with Gasteiger partial charge in [0.25, 0.3) is 0 Å². The van der Waals surface area contributed by atoms with Crippen LogP contribution in [0.4, 0.5) is 0 Å². The molecule has 0 saturated carbocycles. The van der Waals surface area contributed by atoms with E-state index in [2.05, 4.69) is 26.6 Å². The van der Waals surface area contributed by atoms with Gasteiger partial charge in [-0.05, 0) is 50.0 Å². The zero-order valence-electron chi connectivity index (χ0n) is 32.8. The number of aliphatic hydroxyl groups excluding tert-OH is 1.